The Hall–Kier alpha value is -1.75. The molecule has 2 aromatic carbocycles. The molecule has 3 rings (SSSR count). The average Bonchev–Trinajstić information content (AvgIpc) is 2.74. The zero-order valence-corrected chi connectivity index (χ0v) is 20.2. The summed E-state index contributed by atoms with van der Waals surface area (Å²) in [7, 11) is 1.87. The van der Waals surface area contributed by atoms with Crippen molar-refractivity contribution in [1.82, 2.24) is 9.80 Å². The molecule has 2 aromatic rings. The second-order valence-electron chi connectivity index (χ2n) is 7.52. The average molecular weight is 488 g/mol. The van der Waals surface area contributed by atoms with Gasteiger partial charge in [-0.2, -0.15) is 0 Å². The number of hydrogen-bond acceptors (Lipinski definition) is 6. The van der Waals surface area contributed by atoms with Crippen molar-refractivity contribution in [2.24, 2.45) is 0 Å². The van der Waals surface area contributed by atoms with Gasteiger partial charge in [-0.15, -0.1) is 0 Å². The number of amides is 1. The first kappa shape index (κ1) is 29.3. The zero-order chi connectivity index (χ0) is 19.8. The first-order valence-electron chi connectivity index (χ1n) is 10.2. The Kier molecular flexibility index (Phi) is 14.3. The molecule has 0 aliphatic carbocycles. The van der Waals surface area contributed by atoms with Gasteiger partial charge in [0.25, 0.3) is 0 Å². The van der Waals surface area contributed by atoms with E-state index < -0.39 is 0 Å². The number of rotatable bonds is 8. The second-order valence-corrected chi connectivity index (χ2v) is 8.73. The molecule has 1 heterocycles. The standard InChI is InChI=1S/C23H30GeN3O.3H2O/c1-25(22-11-9-21(24)10-12-22)23(28)13-15-27-18-16-26(17-19-27)14-5-8-20-6-3-2-4-7-20;;;/h2-4,6-7,9-12H,5,8,13-19H2,1H3;3*1H2/q+3;;;/p-3. The van der Waals surface area contributed by atoms with Gasteiger partial charge in [-0.1, -0.05) is 30.3 Å². The molecule has 1 aliphatic rings. The third kappa shape index (κ3) is 9.51. The van der Waals surface area contributed by atoms with Crippen LogP contribution < -0.4 is 9.30 Å². The maximum absolute atomic E-state index is 12.5. The SMILES string of the molecule is CN(C(=O)CCN1CCN(CCCc2ccccc2)CC1)c1cc[c]([Ge+3])cc1.[OH-].[OH-].[OH-]. The van der Waals surface area contributed by atoms with Crippen molar-refractivity contribution >= 4 is 32.5 Å². The van der Waals surface area contributed by atoms with Gasteiger partial charge in [-0.25, -0.2) is 0 Å². The van der Waals surface area contributed by atoms with Crippen LogP contribution in [0.2, 0.25) is 0 Å². The van der Waals surface area contributed by atoms with Crippen molar-refractivity contribution in [2.75, 3.05) is 51.2 Å². The molecule has 31 heavy (non-hydrogen) atoms. The Morgan fingerprint density at radius 3 is 2.00 bits per heavy atom. The normalized spacial score (nSPS) is 14.0. The molecule has 8 heteroatoms. The van der Waals surface area contributed by atoms with Crippen LogP contribution in [0.5, 0.6) is 0 Å². The Labute approximate surface area is 194 Å². The number of carbonyl (C=O) groups excluding carboxylic acids is 1. The maximum atomic E-state index is 12.5. The largest absolute Gasteiger partial charge is 0.870 e. The molecule has 0 spiro atoms. The Morgan fingerprint density at radius 2 is 1.42 bits per heavy atom. The fourth-order valence-electron chi connectivity index (χ4n) is 3.64. The van der Waals surface area contributed by atoms with Crippen LogP contribution in [0.25, 0.3) is 0 Å². The number of nitrogens with zero attached hydrogens (tertiary/aromatic N) is 3. The molecule has 0 bridgehead atoms. The zero-order valence-electron chi connectivity index (χ0n) is 18.2. The fraction of sp³-hybridized carbons (Fsp3) is 0.435. The van der Waals surface area contributed by atoms with Crippen molar-refractivity contribution in [1.29, 1.82) is 0 Å². The maximum Gasteiger partial charge on any atom is -0.870 e. The Balaban J connectivity index is 0.00000300. The van der Waals surface area contributed by atoms with Gasteiger partial charge in [0.15, 0.2) is 0 Å². The van der Waals surface area contributed by atoms with Gasteiger partial charge >= 0.3 is 122 Å². The van der Waals surface area contributed by atoms with E-state index in [2.05, 4.69) is 68.8 Å². The van der Waals surface area contributed by atoms with E-state index in [9.17, 15) is 4.79 Å². The first-order chi connectivity index (χ1) is 13.6. The summed E-state index contributed by atoms with van der Waals surface area (Å²) >= 11 is 2.06. The molecular formula is C23H33GeN3O4. The van der Waals surface area contributed by atoms with Crippen LogP contribution >= 0.6 is 0 Å². The molecule has 0 aromatic heterocycles. The minimum absolute atomic E-state index is 0. The molecule has 0 radical (unpaired) electrons. The van der Waals surface area contributed by atoms with E-state index in [0.717, 1.165) is 51.4 Å². The van der Waals surface area contributed by atoms with Crippen molar-refractivity contribution in [2.45, 2.75) is 19.3 Å². The van der Waals surface area contributed by atoms with Crippen LogP contribution in [-0.4, -0.2) is 95.0 Å². The minimum atomic E-state index is 0. The van der Waals surface area contributed by atoms with Crippen LogP contribution in [0.3, 0.4) is 0 Å². The number of hydrogen-bond donors (Lipinski definition) is 0. The summed E-state index contributed by atoms with van der Waals surface area (Å²) in [6.07, 6.45) is 2.95. The van der Waals surface area contributed by atoms with Gasteiger partial charge in [0.2, 0.25) is 0 Å². The quantitative estimate of drug-likeness (QED) is 0.521. The molecule has 3 N–H and O–H groups in total. The molecule has 168 valence electrons. The molecule has 1 amide bonds. The summed E-state index contributed by atoms with van der Waals surface area (Å²) in [4.78, 5) is 19.3. The van der Waals surface area contributed by atoms with Crippen molar-refractivity contribution in [3.63, 3.8) is 0 Å². The number of carbonyl (C=O) groups is 1. The van der Waals surface area contributed by atoms with E-state index in [0.29, 0.717) is 6.42 Å². The van der Waals surface area contributed by atoms with Crippen LogP contribution in [0.1, 0.15) is 18.4 Å². The third-order valence-corrected chi connectivity index (χ3v) is 6.22. The number of aryl methyl sites for hydroxylation is 1. The molecule has 0 saturated carbocycles. The Bertz CT molecular complexity index is 738. The van der Waals surface area contributed by atoms with E-state index >= 15 is 0 Å². The van der Waals surface area contributed by atoms with Gasteiger partial charge in [-0.3, -0.25) is 0 Å². The van der Waals surface area contributed by atoms with Crippen LogP contribution in [0, 0.1) is 0 Å². The summed E-state index contributed by atoms with van der Waals surface area (Å²) in [5.41, 5.74) is 2.40. The Morgan fingerprint density at radius 1 is 0.871 bits per heavy atom. The predicted molar refractivity (Wildman–Crippen MR) is 123 cm³/mol. The summed E-state index contributed by atoms with van der Waals surface area (Å²) in [5, 5.41) is 0. The number of piperazine rings is 1. The summed E-state index contributed by atoms with van der Waals surface area (Å²) in [5.74, 6) is 0.189. The molecular weight excluding hydrogens is 455 g/mol. The minimum Gasteiger partial charge on any atom is -0.870 e. The third-order valence-electron chi connectivity index (χ3n) is 5.52. The molecule has 1 saturated heterocycles. The van der Waals surface area contributed by atoms with Crippen molar-refractivity contribution in [3.05, 3.63) is 60.2 Å². The summed E-state index contributed by atoms with van der Waals surface area (Å²) in [6, 6.07) is 18.9. The van der Waals surface area contributed by atoms with Gasteiger partial charge in [0, 0.05) is 0 Å². The molecule has 1 aliphatic heterocycles. The monoisotopic (exact) mass is 489 g/mol. The van der Waals surface area contributed by atoms with Crippen molar-refractivity contribution < 1.29 is 21.2 Å². The van der Waals surface area contributed by atoms with E-state index in [1.54, 1.807) is 4.90 Å². The number of anilines is 1. The summed E-state index contributed by atoms with van der Waals surface area (Å²) in [6.45, 7) is 6.36. The topological polar surface area (TPSA) is 117 Å². The fourth-order valence-corrected chi connectivity index (χ4v) is 3.99. The molecule has 0 atom stereocenters. The first-order valence-corrected chi connectivity index (χ1v) is 11.2. The second kappa shape index (κ2) is 15.1. The van der Waals surface area contributed by atoms with Gasteiger partial charge < -0.3 is 16.4 Å². The van der Waals surface area contributed by atoms with E-state index in [1.807, 2.05) is 19.2 Å². The van der Waals surface area contributed by atoms with E-state index in [4.69, 9.17) is 0 Å². The van der Waals surface area contributed by atoms with Gasteiger partial charge in [0.05, 0.1) is 0 Å². The van der Waals surface area contributed by atoms with Crippen LogP contribution in [0.15, 0.2) is 54.6 Å². The molecule has 0 unspecified atom stereocenters. The molecule has 1 fully saturated rings. The smallest absolute Gasteiger partial charge is 0.870 e. The van der Waals surface area contributed by atoms with Crippen LogP contribution in [-0.2, 0) is 11.2 Å². The van der Waals surface area contributed by atoms with E-state index in [1.165, 1.54) is 16.4 Å². The molecule has 7 nitrogen and oxygen atoms in total. The number of benzene rings is 2. The van der Waals surface area contributed by atoms with Crippen LogP contribution in [0.4, 0.5) is 5.69 Å². The van der Waals surface area contributed by atoms with Gasteiger partial charge in [0.1, 0.15) is 0 Å². The van der Waals surface area contributed by atoms with Gasteiger partial charge in [-0.05, 0) is 24.9 Å². The predicted octanol–water partition coefficient (Wildman–Crippen LogP) is 1.55. The van der Waals surface area contributed by atoms with Crippen molar-refractivity contribution in [3.8, 4) is 0 Å². The van der Waals surface area contributed by atoms with E-state index in [-0.39, 0.29) is 22.3 Å². The summed E-state index contributed by atoms with van der Waals surface area (Å²) < 4.78 is 1.21.